The molecule has 2 rings (SSSR count). The van der Waals surface area contributed by atoms with Crippen molar-refractivity contribution in [3.8, 4) is 0 Å². The van der Waals surface area contributed by atoms with Gasteiger partial charge in [-0.05, 0) is 50.4 Å². The molecule has 3 N–H and O–H groups in total. The number of aliphatic hydroxyl groups excluding tert-OH is 1. The summed E-state index contributed by atoms with van der Waals surface area (Å²) in [4.78, 5) is 0. The minimum Gasteiger partial charge on any atom is -0.394 e. The molecule has 2 aliphatic carbocycles. The molecule has 4 atom stereocenters. The maximum Gasteiger partial charge on any atom is 0.0608 e. The zero-order chi connectivity index (χ0) is 9.47. The van der Waals surface area contributed by atoms with Crippen LogP contribution in [0.5, 0.6) is 0 Å². The first-order chi connectivity index (χ1) is 6.11. The molecule has 76 valence electrons. The summed E-state index contributed by atoms with van der Waals surface area (Å²) in [6.45, 7) is 2.10. The van der Waals surface area contributed by atoms with Gasteiger partial charge in [-0.1, -0.05) is 6.42 Å². The van der Waals surface area contributed by atoms with Gasteiger partial charge in [0.1, 0.15) is 0 Å². The molecule has 0 aromatic heterocycles. The highest BCUT2D eigenvalue weighted by molar-refractivity contribution is 4.94. The minimum atomic E-state index is -0.338. The maximum atomic E-state index is 9.10. The number of aliphatic hydroxyl groups is 1. The minimum absolute atomic E-state index is 0.126. The van der Waals surface area contributed by atoms with E-state index in [2.05, 4.69) is 0 Å². The highest BCUT2D eigenvalue weighted by Gasteiger charge is 2.41. The van der Waals surface area contributed by atoms with Gasteiger partial charge in [0.2, 0.25) is 0 Å². The molecule has 0 radical (unpaired) electrons. The van der Waals surface area contributed by atoms with Crippen LogP contribution >= 0.6 is 0 Å². The van der Waals surface area contributed by atoms with Crippen LogP contribution in [0.1, 0.15) is 39.0 Å². The summed E-state index contributed by atoms with van der Waals surface area (Å²) < 4.78 is 0. The van der Waals surface area contributed by atoms with Crippen LogP contribution in [0.2, 0.25) is 0 Å². The standard InChI is InChI=1S/C11H21NO/c1-11(12,7-13)6-10-5-8-2-3-9(10)4-8/h8-10,13H,2-7,12H2,1H3. The van der Waals surface area contributed by atoms with E-state index in [0.29, 0.717) is 0 Å². The molecule has 2 heteroatoms. The molecule has 2 nitrogen and oxygen atoms in total. The molecular formula is C11H21NO. The van der Waals surface area contributed by atoms with E-state index in [-0.39, 0.29) is 12.1 Å². The van der Waals surface area contributed by atoms with Crippen molar-refractivity contribution in [1.29, 1.82) is 0 Å². The lowest BCUT2D eigenvalue weighted by molar-refractivity contribution is 0.162. The maximum absolute atomic E-state index is 9.10. The summed E-state index contributed by atoms with van der Waals surface area (Å²) >= 11 is 0. The Morgan fingerprint density at radius 2 is 2.15 bits per heavy atom. The van der Waals surface area contributed by atoms with Crippen LogP contribution in [-0.2, 0) is 0 Å². The molecular weight excluding hydrogens is 162 g/mol. The smallest absolute Gasteiger partial charge is 0.0608 e. The van der Waals surface area contributed by atoms with Gasteiger partial charge in [-0.15, -0.1) is 0 Å². The molecule has 13 heavy (non-hydrogen) atoms. The summed E-state index contributed by atoms with van der Waals surface area (Å²) in [5.41, 5.74) is 5.64. The van der Waals surface area contributed by atoms with Crippen molar-refractivity contribution in [3.63, 3.8) is 0 Å². The van der Waals surface area contributed by atoms with Crippen molar-refractivity contribution in [2.24, 2.45) is 23.5 Å². The molecule has 0 amide bonds. The topological polar surface area (TPSA) is 46.2 Å². The van der Waals surface area contributed by atoms with Crippen molar-refractivity contribution in [2.45, 2.75) is 44.6 Å². The van der Waals surface area contributed by atoms with Crippen molar-refractivity contribution in [2.75, 3.05) is 6.61 Å². The number of nitrogens with two attached hydrogens (primary N) is 1. The van der Waals surface area contributed by atoms with Gasteiger partial charge in [-0.3, -0.25) is 0 Å². The summed E-state index contributed by atoms with van der Waals surface area (Å²) in [5.74, 6) is 2.73. The van der Waals surface area contributed by atoms with Gasteiger partial charge in [0.15, 0.2) is 0 Å². The SMILES string of the molecule is CC(N)(CO)CC1CC2CCC1C2. The monoisotopic (exact) mass is 183 g/mol. The van der Waals surface area contributed by atoms with Crippen LogP contribution in [0.25, 0.3) is 0 Å². The Bertz CT molecular complexity index is 191. The van der Waals surface area contributed by atoms with Gasteiger partial charge < -0.3 is 10.8 Å². The third-order valence-electron chi connectivity index (χ3n) is 3.97. The molecule has 0 aliphatic heterocycles. The first-order valence-corrected chi connectivity index (χ1v) is 5.50. The van der Waals surface area contributed by atoms with Gasteiger partial charge in [0.05, 0.1) is 6.61 Å². The molecule has 0 saturated heterocycles. The molecule has 0 spiro atoms. The van der Waals surface area contributed by atoms with E-state index in [9.17, 15) is 0 Å². The number of hydrogen-bond donors (Lipinski definition) is 2. The van der Waals surface area contributed by atoms with Crippen LogP contribution in [-0.4, -0.2) is 17.3 Å². The van der Waals surface area contributed by atoms with Crippen LogP contribution < -0.4 is 5.73 Å². The summed E-state index contributed by atoms with van der Waals surface area (Å²) in [6.07, 6.45) is 6.69. The second-order valence-electron chi connectivity index (χ2n) is 5.45. The van der Waals surface area contributed by atoms with E-state index in [0.717, 1.165) is 24.2 Å². The molecule has 0 aromatic rings. The lowest BCUT2D eigenvalue weighted by Gasteiger charge is -2.30. The number of hydrogen-bond acceptors (Lipinski definition) is 2. The average Bonchev–Trinajstić information content (AvgIpc) is 2.64. The Hall–Kier alpha value is -0.0800. The summed E-state index contributed by atoms with van der Waals surface area (Å²) in [5, 5.41) is 9.10. The Morgan fingerprint density at radius 1 is 1.38 bits per heavy atom. The third kappa shape index (κ3) is 1.89. The van der Waals surface area contributed by atoms with Gasteiger partial charge in [0, 0.05) is 5.54 Å². The van der Waals surface area contributed by atoms with E-state index in [4.69, 9.17) is 10.8 Å². The molecule has 0 aromatic carbocycles. The number of fused-ring (bicyclic) bond motifs is 2. The van der Waals surface area contributed by atoms with Crippen LogP contribution in [0.15, 0.2) is 0 Å². The van der Waals surface area contributed by atoms with E-state index >= 15 is 0 Å². The normalized spacial score (nSPS) is 42.2. The van der Waals surface area contributed by atoms with Crippen molar-refractivity contribution in [1.82, 2.24) is 0 Å². The largest absolute Gasteiger partial charge is 0.394 e. The van der Waals surface area contributed by atoms with Crippen molar-refractivity contribution < 1.29 is 5.11 Å². The van der Waals surface area contributed by atoms with E-state index in [1.54, 1.807) is 0 Å². The fraction of sp³-hybridized carbons (Fsp3) is 1.00. The summed E-state index contributed by atoms with van der Waals surface area (Å²) in [7, 11) is 0. The molecule has 2 bridgehead atoms. The lowest BCUT2D eigenvalue weighted by Crippen LogP contribution is -2.42. The van der Waals surface area contributed by atoms with Gasteiger partial charge in [0.25, 0.3) is 0 Å². The average molecular weight is 183 g/mol. The second kappa shape index (κ2) is 3.25. The molecule has 2 aliphatic rings. The van der Waals surface area contributed by atoms with Crippen LogP contribution in [0.3, 0.4) is 0 Å². The van der Waals surface area contributed by atoms with E-state index < -0.39 is 0 Å². The highest BCUT2D eigenvalue weighted by Crippen LogP contribution is 2.50. The number of rotatable bonds is 3. The van der Waals surface area contributed by atoms with Crippen molar-refractivity contribution >= 4 is 0 Å². The lowest BCUT2D eigenvalue weighted by atomic mass is 9.80. The van der Waals surface area contributed by atoms with Crippen LogP contribution in [0, 0.1) is 17.8 Å². The first-order valence-electron chi connectivity index (χ1n) is 5.50. The van der Waals surface area contributed by atoms with Gasteiger partial charge in [-0.2, -0.15) is 0 Å². The van der Waals surface area contributed by atoms with E-state index in [1.807, 2.05) is 6.92 Å². The molecule has 4 unspecified atom stereocenters. The first kappa shape index (κ1) is 9.47. The van der Waals surface area contributed by atoms with Crippen molar-refractivity contribution in [3.05, 3.63) is 0 Å². The Balaban J connectivity index is 1.89. The fourth-order valence-corrected chi connectivity index (χ4v) is 3.29. The summed E-state index contributed by atoms with van der Waals surface area (Å²) in [6, 6.07) is 0. The predicted molar refractivity (Wildman–Crippen MR) is 53.2 cm³/mol. The Labute approximate surface area is 80.5 Å². The molecule has 2 fully saturated rings. The van der Waals surface area contributed by atoms with Gasteiger partial charge in [-0.25, -0.2) is 0 Å². The fourth-order valence-electron chi connectivity index (χ4n) is 3.29. The third-order valence-corrected chi connectivity index (χ3v) is 3.97. The van der Waals surface area contributed by atoms with Gasteiger partial charge >= 0.3 is 0 Å². The highest BCUT2D eigenvalue weighted by atomic mass is 16.3. The quantitative estimate of drug-likeness (QED) is 0.697. The Morgan fingerprint density at radius 3 is 2.62 bits per heavy atom. The van der Waals surface area contributed by atoms with Crippen LogP contribution in [0.4, 0.5) is 0 Å². The second-order valence-corrected chi connectivity index (χ2v) is 5.45. The predicted octanol–water partition coefficient (Wildman–Crippen LogP) is 1.52. The zero-order valence-corrected chi connectivity index (χ0v) is 8.50. The zero-order valence-electron chi connectivity index (χ0n) is 8.50. The molecule has 0 heterocycles. The molecule has 2 saturated carbocycles. The Kier molecular flexibility index (Phi) is 2.37. The van der Waals surface area contributed by atoms with E-state index in [1.165, 1.54) is 25.7 Å².